The van der Waals surface area contributed by atoms with Crippen LogP contribution in [0.4, 0.5) is 0 Å². The van der Waals surface area contributed by atoms with Crippen LogP contribution in [0.15, 0.2) is 0 Å². The standard InChI is InChI=1S/C14H22O5/c1-9-10(7-8-15-2)12(17-4)14(19-6)13(18-5)11(9)16-3/h7-8H2,1-6H3. The number of hydrogen-bond donors (Lipinski definition) is 0. The molecule has 0 atom stereocenters. The Labute approximate surface area is 114 Å². The summed E-state index contributed by atoms with van der Waals surface area (Å²) in [4.78, 5) is 0. The molecule has 5 nitrogen and oxygen atoms in total. The first-order valence-corrected chi connectivity index (χ1v) is 6.00. The van der Waals surface area contributed by atoms with E-state index in [0.29, 0.717) is 36.0 Å². The van der Waals surface area contributed by atoms with Gasteiger partial charge in [0.25, 0.3) is 0 Å². The predicted octanol–water partition coefficient (Wildman–Crippen LogP) is 2.22. The SMILES string of the molecule is COCCc1c(C)c(OC)c(OC)c(OC)c1OC. The Bertz CT molecular complexity index is 429. The topological polar surface area (TPSA) is 46.2 Å². The van der Waals surface area contributed by atoms with Gasteiger partial charge in [0.15, 0.2) is 11.5 Å². The van der Waals surface area contributed by atoms with Crippen molar-refractivity contribution < 1.29 is 23.7 Å². The summed E-state index contributed by atoms with van der Waals surface area (Å²) < 4.78 is 26.8. The molecular formula is C14H22O5. The molecule has 0 saturated carbocycles. The molecule has 0 aromatic heterocycles. The quantitative estimate of drug-likeness (QED) is 0.760. The van der Waals surface area contributed by atoms with Gasteiger partial charge in [-0.15, -0.1) is 0 Å². The van der Waals surface area contributed by atoms with Gasteiger partial charge in [-0.1, -0.05) is 0 Å². The third-order valence-corrected chi connectivity index (χ3v) is 3.06. The van der Waals surface area contributed by atoms with E-state index in [1.165, 1.54) is 0 Å². The maximum absolute atomic E-state index is 5.47. The van der Waals surface area contributed by atoms with E-state index in [9.17, 15) is 0 Å². The monoisotopic (exact) mass is 270 g/mol. The molecule has 0 aliphatic carbocycles. The van der Waals surface area contributed by atoms with Crippen LogP contribution in [0.1, 0.15) is 11.1 Å². The zero-order chi connectivity index (χ0) is 14.4. The number of rotatable bonds is 7. The lowest BCUT2D eigenvalue weighted by Gasteiger charge is -2.21. The van der Waals surface area contributed by atoms with Crippen LogP contribution in [-0.2, 0) is 11.2 Å². The summed E-state index contributed by atoms with van der Waals surface area (Å²) in [5, 5.41) is 0. The average molecular weight is 270 g/mol. The van der Waals surface area contributed by atoms with Crippen LogP contribution in [0.25, 0.3) is 0 Å². The third-order valence-electron chi connectivity index (χ3n) is 3.06. The van der Waals surface area contributed by atoms with E-state index >= 15 is 0 Å². The van der Waals surface area contributed by atoms with Crippen molar-refractivity contribution in [3.8, 4) is 23.0 Å². The van der Waals surface area contributed by atoms with Crippen LogP contribution in [0.2, 0.25) is 0 Å². The molecular weight excluding hydrogens is 248 g/mol. The van der Waals surface area contributed by atoms with E-state index in [4.69, 9.17) is 23.7 Å². The lowest BCUT2D eigenvalue weighted by atomic mass is 10.0. The zero-order valence-electron chi connectivity index (χ0n) is 12.5. The molecule has 0 amide bonds. The molecule has 0 bridgehead atoms. The van der Waals surface area contributed by atoms with Gasteiger partial charge < -0.3 is 23.7 Å². The van der Waals surface area contributed by atoms with Gasteiger partial charge in [0.05, 0.1) is 35.0 Å². The van der Waals surface area contributed by atoms with Gasteiger partial charge in [0.2, 0.25) is 11.5 Å². The summed E-state index contributed by atoms with van der Waals surface area (Å²) in [7, 11) is 8.04. The van der Waals surface area contributed by atoms with Crippen LogP contribution in [0, 0.1) is 6.92 Å². The van der Waals surface area contributed by atoms with Crippen molar-refractivity contribution in [3.63, 3.8) is 0 Å². The smallest absolute Gasteiger partial charge is 0.207 e. The maximum Gasteiger partial charge on any atom is 0.207 e. The lowest BCUT2D eigenvalue weighted by Crippen LogP contribution is -2.06. The molecule has 1 aromatic carbocycles. The summed E-state index contributed by atoms with van der Waals surface area (Å²) in [5.74, 6) is 2.40. The molecule has 0 N–H and O–H groups in total. The van der Waals surface area contributed by atoms with E-state index in [-0.39, 0.29) is 0 Å². The van der Waals surface area contributed by atoms with Crippen LogP contribution in [-0.4, -0.2) is 42.2 Å². The minimum Gasteiger partial charge on any atom is -0.492 e. The van der Waals surface area contributed by atoms with Gasteiger partial charge in [-0.25, -0.2) is 0 Å². The lowest BCUT2D eigenvalue weighted by molar-refractivity contribution is 0.200. The average Bonchev–Trinajstić information content (AvgIpc) is 2.44. The summed E-state index contributed by atoms with van der Waals surface area (Å²) in [6.45, 7) is 2.56. The molecule has 108 valence electrons. The Hall–Kier alpha value is -1.62. The molecule has 0 spiro atoms. The van der Waals surface area contributed by atoms with Crippen molar-refractivity contribution >= 4 is 0 Å². The molecule has 5 heteroatoms. The fraction of sp³-hybridized carbons (Fsp3) is 0.571. The molecule has 0 aliphatic heterocycles. The number of methoxy groups -OCH3 is 5. The number of hydrogen-bond acceptors (Lipinski definition) is 5. The van der Waals surface area contributed by atoms with Crippen molar-refractivity contribution in [2.75, 3.05) is 42.2 Å². The predicted molar refractivity (Wildman–Crippen MR) is 73.0 cm³/mol. The van der Waals surface area contributed by atoms with E-state index in [2.05, 4.69) is 0 Å². The molecule has 0 saturated heterocycles. The Morgan fingerprint density at radius 1 is 0.684 bits per heavy atom. The van der Waals surface area contributed by atoms with Gasteiger partial charge in [0.1, 0.15) is 0 Å². The Morgan fingerprint density at radius 3 is 1.58 bits per heavy atom. The van der Waals surface area contributed by atoms with Gasteiger partial charge >= 0.3 is 0 Å². The van der Waals surface area contributed by atoms with Gasteiger partial charge in [0, 0.05) is 18.2 Å². The molecule has 0 fully saturated rings. The van der Waals surface area contributed by atoms with Crippen molar-refractivity contribution in [3.05, 3.63) is 11.1 Å². The van der Waals surface area contributed by atoms with Crippen LogP contribution in [0.3, 0.4) is 0 Å². The first-order chi connectivity index (χ1) is 9.15. The Balaban J connectivity index is 3.52. The van der Waals surface area contributed by atoms with Crippen molar-refractivity contribution in [1.82, 2.24) is 0 Å². The minimum atomic E-state index is 0.540. The van der Waals surface area contributed by atoms with Gasteiger partial charge in [-0.05, 0) is 13.3 Å². The summed E-state index contributed by atoms with van der Waals surface area (Å²) in [6.07, 6.45) is 0.711. The molecule has 1 aromatic rings. The largest absolute Gasteiger partial charge is 0.492 e. The van der Waals surface area contributed by atoms with Crippen molar-refractivity contribution in [2.24, 2.45) is 0 Å². The molecule has 0 unspecified atom stereocenters. The van der Waals surface area contributed by atoms with Crippen molar-refractivity contribution in [1.29, 1.82) is 0 Å². The van der Waals surface area contributed by atoms with E-state index in [1.807, 2.05) is 6.92 Å². The van der Waals surface area contributed by atoms with Crippen LogP contribution in [0.5, 0.6) is 23.0 Å². The fourth-order valence-corrected chi connectivity index (χ4v) is 2.16. The normalized spacial score (nSPS) is 10.2. The van der Waals surface area contributed by atoms with E-state index in [0.717, 1.165) is 11.1 Å². The Morgan fingerprint density at radius 2 is 1.16 bits per heavy atom. The molecule has 0 radical (unpaired) electrons. The summed E-state index contributed by atoms with van der Waals surface area (Å²) >= 11 is 0. The van der Waals surface area contributed by atoms with Crippen LogP contribution < -0.4 is 18.9 Å². The second kappa shape index (κ2) is 7.09. The van der Waals surface area contributed by atoms with Gasteiger partial charge in [-0.2, -0.15) is 0 Å². The maximum atomic E-state index is 5.47. The highest BCUT2D eigenvalue weighted by molar-refractivity contribution is 5.66. The second-order valence-electron chi connectivity index (χ2n) is 3.98. The number of benzene rings is 1. The fourth-order valence-electron chi connectivity index (χ4n) is 2.16. The molecule has 0 aliphatic rings. The zero-order valence-corrected chi connectivity index (χ0v) is 12.5. The first-order valence-electron chi connectivity index (χ1n) is 6.00. The summed E-state index contributed by atoms with van der Waals surface area (Å²) in [5.41, 5.74) is 1.97. The van der Waals surface area contributed by atoms with Crippen molar-refractivity contribution in [2.45, 2.75) is 13.3 Å². The first kappa shape index (κ1) is 15.4. The van der Waals surface area contributed by atoms with Crippen LogP contribution >= 0.6 is 0 Å². The molecule has 0 heterocycles. The highest BCUT2D eigenvalue weighted by atomic mass is 16.5. The van der Waals surface area contributed by atoms with E-state index < -0.39 is 0 Å². The molecule has 19 heavy (non-hydrogen) atoms. The molecule has 1 rings (SSSR count). The highest BCUT2D eigenvalue weighted by Gasteiger charge is 2.24. The minimum absolute atomic E-state index is 0.540. The third kappa shape index (κ3) is 2.87. The van der Waals surface area contributed by atoms with Gasteiger partial charge in [-0.3, -0.25) is 0 Å². The number of ether oxygens (including phenoxy) is 5. The highest BCUT2D eigenvalue weighted by Crippen LogP contribution is 2.49. The summed E-state index contributed by atoms with van der Waals surface area (Å²) in [6, 6.07) is 0. The van der Waals surface area contributed by atoms with E-state index in [1.54, 1.807) is 35.5 Å². The second-order valence-corrected chi connectivity index (χ2v) is 3.98. The Kier molecular flexibility index (Phi) is 5.76.